The van der Waals surface area contributed by atoms with E-state index < -0.39 is 0 Å². The van der Waals surface area contributed by atoms with Crippen LogP contribution in [0.25, 0.3) is 11.4 Å². The maximum atomic E-state index is 12.7. The third-order valence-corrected chi connectivity index (χ3v) is 5.51. The SMILES string of the molecule is CCOc1cc2c(cc1NC(=O)CCn1c(-c3ccc(C)cc3)n[nH]c1=S)O[C@H](C)C2. The highest BCUT2D eigenvalue weighted by Gasteiger charge is 2.22. The molecule has 1 aliphatic rings. The minimum absolute atomic E-state index is 0.124. The summed E-state index contributed by atoms with van der Waals surface area (Å²) in [6.45, 7) is 6.91. The number of benzene rings is 2. The lowest BCUT2D eigenvalue weighted by molar-refractivity contribution is -0.116. The lowest BCUT2D eigenvalue weighted by atomic mass is 10.1. The molecule has 0 radical (unpaired) electrons. The normalized spacial score (nSPS) is 14.7. The van der Waals surface area contributed by atoms with Crippen molar-refractivity contribution < 1.29 is 14.3 Å². The summed E-state index contributed by atoms with van der Waals surface area (Å²) in [4.78, 5) is 12.7. The zero-order valence-electron chi connectivity index (χ0n) is 17.9. The van der Waals surface area contributed by atoms with Crippen molar-refractivity contribution >= 4 is 23.8 Å². The van der Waals surface area contributed by atoms with Crippen molar-refractivity contribution in [2.75, 3.05) is 11.9 Å². The molecule has 0 aliphatic carbocycles. The van der Waals surface area contributed by atoms with E-state index in [0.29, 0.717) is 35.2 Å². The van der Waals surface area contributed by atoms with Crippen LogP contribution < -0.4 is 14.8 Å². The van der Waals surface area contributed by atoms with Crippen molar-refractivity contribution in [2.24, 2.45) is 0 Å². The van der Waals surface area contributed by atoms with Gasteiger partial charge in [0.2, 0.25) is 5.91 Å². The molecule has 0 saturated carbocycles. The van der Waals surface area contributed by atoms with Gasteiger partial charge in [-0.2, -0.15) is 5.10 Å². The van der Waals surface area contributed by atoms with Crippen molar-refractivity contribution in [2.45, 2.75) is 46.3 Å². The fourth-order valence-corrected chi connectivity index (χ4v) is 3.91. The summed E-state index contributed by atoms with van der Waals surface area (Å²) >= 11 is 5.38. The van der Waals surface area contributed by atoms with Crippen LogP contribution in [0.4, 0.5) is 5.69 Å². The molecule has 0 spiro atoms. The van der Waals surface area contributed by atoms with Crippen LogP contribution in [0.15, 0.2) is 36.4 Å². The molecule has 0 unspecified atom stereocenters. The van der Waals surface area contributed by atoms with Crippen LogP contribution in [0.2, 0.25) is 0 Å². The molecular formula is C23H26N4O3S. The number of carbonyl (C=O) groups is 1. The average Bonchev–Trinajstić information content (AvgIpc) is 3.28. The summed E-state index contributed by atoms with van der Waals surface area (Å²) < 4.78 is 13.9. The fourth-order valence-electron chi connectivity index (χ4n) is 3.69. The first kappa shape index (κ1) is 21.1. The third-order valence-electron chi connectivity index (χ3n) is 5.20. The Hall–Kier alpha value is -3.13. The molecule has 7 nitrogen and oxygen atoms in total. The van der Waals surface area contributed by atoms with Crippen LogP contribution in [0, 0.1) is 11.7 Å². The summed E-state index contributed by atoms with van der Waals surface area (Å²) in [7, 11) is 0. The van der Waals surface area contributed by atoms with E-state index in [1.54, 1.807) is 0 Å². The van der Waals surface area contributed by atoms with Gasteiger partial charge in [-0.15, -0.1) is 0 Å². The smallest absolute Gasteiger partial charge is 0.226 e. The summed E-state index contributed by atoms with van der Waals surface area (Å²) in [5, 5.41) is 10.1. The van der Waals surface area contributed by atoms with Gasteiger partial charge in [0.25, 0.3) is 0 Å². The van der Waals surface area contributed by atoms with Crippen molar-refractivity contribution in [1.82, 2.24) is 14.8 Å². The number of aromatic amines is 1. The monoisotopic (exact) mass is 438 g/mol. The van der Waals surface area contributed by atoms with E-state index in [2.05, 4.69) is 15.5 Å². The lowest BCUT2D eigenvalue weighted by Crippen LogP contribution is -2.16. The Balaban J connectivity index is 1.49. The van der Waals surface area contributed by atoms with Crippen LogP contribution in [0.1, 0.15) is 31.4 Å². The van der Waals surface area contributed by atoms with Crippen LogP contribution in [0.5, 0.6) is 11.5 Å². The summed E-state index contributed by atoms with van der Waals surface area (Å²) in [6.07, 6.45) is 1.20. The Morgan fingerprint density at radius 1 is 1.35 bits per heavy atom. The molecular weight excluding hydrogens is 412 g/mol. The van der Waals surface area contributed by atoms with Gasteiger partial charge in [-0.3, -0.25) is 14.5 Å². The quantitative estimate of drug-likeness (QED) is 0.524. The molecule has 4 rings (SSSR count). The molecule has 1 aromatic heterocycles. The summed E-state index contributed by atoms with van der Waals surface area (Å²) in [5.41, 5.74) is 3.83. The molecule has 1 aliphatic heterocycles. The Bertz CT molecular complexity index is 1150. The summed E-state index contributed by atoms with van der Waals surface area (Å²) in [5.74, 6) is 2.04. The van der Waals surface area contributed by atoms with Crippen LogP contribution >= 0.6 is 12.2 Å². The first-order chi connectivity index (χ1) is 14.9. The van der Waals surface area contributed by atoms with Crippen LogP contribution in [-0.4, -0.2) is 33.4 Å². The van der Waals surface area contributed by atoms with Gasteiger partial charge in [0.05, 0.1) is 12.3 Å². The molecule has 162 valence electrons. The number of carbonyl (C=O) groups excluding carboxylic acids is 1. The number of ether oxygens (including phenoxy) is 2. The van der Waals surface area contributed by atoms with Gasteiger partial charge in [-0.1, -0.05) is 29.8 Å². The van der Waals surface area contributed by atoms with Crippen LogP contribution in [0.3, 0.4) is 0 Å². The van der Waals surface area contributed by atoms with E-state index in [4.69, 9.17) is 21.7 Å². The van der Waals surface area contributed by atoms with E-state index in [0.717, 1.165) is 23.3 Å². The van der Waals surface area contributed by atoms with Gasteiger partial charge in [-0.05, 0) is 39.1 Å². The second-order valence-corrected chi connectivity index (χ2v) is 8.08. The van der Waals surface area contributed by atoms with Gasteiger partial charge >= 0.3 is 0 Å². The molecule has 0 bridgehead atoms. The largest absolute Gasteiger partial charge is 0.492 e. The van der Waals surface area contributed by atoms with E-state index in [9.17, 15) is 4.79 Å². The Morgan fingerprint density at radius 3 is 2.87 bits per heavy atom. The second-order valence-electron chi connectivity index (χ2n) is 7.69. The Morgan fingerprint density at radius 2 is 2.13 bits per heavy atom. The number of amides is 1. The molecule has 0 saturated heterocycles. The van der Waals surface area contributed by atoms with E-state index in [1.165, 1.54) is 5.56 Å². The predicted octanol–water partition coefficient (Wildman–Crippen LogP) is 4.67. The van der Waals surface area contributed by atoms with Crippen molar-refractivity contribution in [1.29, 1.82) is 0 Å². The van der Waals surface area contributed by atoms with Gasteiger partial charge in [0, 0.05) is 36.6 Å². The number of fused-ring (bicyclic) bond motifs is 1. The van der Waals surface area contributed by atoms with E-state index in [-0.39, 0.29) is 18.4 Å². The van der Waals surface area contributed by atoms with Crippen molar-refractivity contribution in [3.63, 3.8) is 0 Å². The standard InChI is InChI=1S/C23H26N4O3S/c1-4-29-20-12-17-11-15(3)30-19(17)13-18(20)24-21(28)9-10-27-22(25-26-23(27)31)16-7-5-14(2)6-8-16/h5-8,12-13,15H,4,9-11H2,1-3H3,(H,24,28)(H,26,31)/t15-/m1/s1. The molecule has 0 fully saturated rings. The topological polar surface area (TPSA) is 81.2 Å². The maximum absolute atomic E-state index is 12.7. The number of rotatable bonds is 7. The van der Waals surface area contributed by atoms with Gasteiger partial charge in [0.15, 0.2) is 10.6 Å². The highest BCUT2D eigenvalue weighted by atomic mass is 32.1. The van der Waals surface area contributed by atoms with Gasteiger partial charge in [-0.25, -0.2) is 0 Å². The van der Waals surface area contributed by atoms with E-state index >= 15 is 0 Å². The summed E-state index contributed by atoms with van der Waals surface area (Å²) in [6, 6.07) is 11.8. The molecule has 3 aromatic rings. The highest BCUT2D eigenvalue weighted by molar-refractivity contribution is 7.71. The Labute approximate surface area is 186 Å². The van der Waals surface area contributed by atoms with Crippen molar-refractivity contribution in [3.8, 4) is 22.9 Å². The number of hydrogen-bond acceptors (Lipinski definition) is 5. The van der Waals surface area contributed by atoms with E-state index in [1.807, 2.05) is 61.7 Å². The van der Waals surface area contributed by atoms with Crippen LogP contribution in [-0.2, 0) is 17.8 Å². The first-order valence-electron chi connectivity index (χ1n) is 10.4. The average molecular weight is 439 g/mol. The number of aromatic nitrogens is 3. The van der Waals surface area contributed by atoms with Crippen molar-refractivity contribution in [3.05, 3.63) is 52.3 Å². The number of H-pyrrole nitrogens is 1. The molecule has 8 heteroatoms. The van der Waals surface area contributed by atoms with Gasteiger partial charge < -0.3 is 14.8 Å². The molecule has 1 amide bonds. The minimum atomic E-state index is -0.134. The fraction of sp³-hybridized carbons (Fsp3) is 0.348. The predicted molar refractivity (Wildman–Crippen MR) is 122 cm³/mol. The minimum Gasteiger partial charge on any atom is -0.492 e. The number of anilines is 1. The Kier molecular flexibility index (Phi) is 6.08. The zero-order valence-corrected chi connectivity index (χ0v) is 18.7. The molecule has 31 heavy (non-hydrogen) atoms. The molecule has 2 heterocycles. The third kappa shape index (κ3) is 4.64. The lowest BCUT2D eigenvalue weighted by Gasteiger charge is -2.14. The van der Waals surface area contributed by atoms with Gasteiger partial charge in [0.1, 0.15) is 17.6 Å². The molecule has 2 aromatic carbocycles. The number of aryl methyl sites for hydroxylation is 1. The zero-order chi connectivity index (χ0) is 22.0. The molecule has 1 atom stereocenters. The number of hydrogen-bond donors (Lipinski definition) is 2. The maximum Gasteiger partial charge on any atom is 0.226 e. The first-order valence-corrected chi connectivity index (χ1v) is 10.8. The second kappa shape index (κ2) is 8.93. The molecule has 2 N–H and O–H groups in total. The highest BCUT2D eigenvalue weighted by Crippen LogP contribution is 2.38. The number of nitrogens with zero attached hydrogens (tertiary/aromatic N) is 2. The number of nitrogens with one attached hydrogen (secondary N) is 2.